The topological polar surface area (TPSA) is 139 Å². The summed E-state index contributed by atoms with van der Waals surface area (Å²) in [5.74, 6) is -0.480. The molecular weight excluding hydrogens is 893 g/mol. The monoisotopic (exact) mass is 954 g/mol. The lowest BCUT2D eigenvalue weighted by molar-refractivity contribution is -0.372. The predicted octanol–water partition coefficient (Wildman–Crippen LogP) is 8.39. The Morgan fingerprint density at radius 2 is 0.843 bits per heavy atom. The number of aliphatic hydroxyl groups excluding tert-OH is 1. The summed E-state index contributed by atoms with van der Waals surface area (Å²) in [5.41, 5.74) is 5.75. The fourth-order valence-electron chi connectivity index (χ4n) is 8.54. The Hall–Kier alpha value is -5.65. The maximum absolute atomic E-state index is 12.7. The van der Waals surface area contributed by atoms with Crippen LogP contribution < -0.4 is 0 Å². The molecule has 0 amide bonds. The van der Waals surface area contributed by atoms with Crippen molar-refractivity contribution in [2.45, 2.75) is 101 Å². The van der Waals surface area contributed by atoms with Crippen LogP contribution in [0.1, 0.15) is 43.7 Å². The summed E-state index contributed by atoms with van der Waals surface area (Å²) in [7, 11) is 2.85. The molecule has 70 heavy (non-hydrogen) atoms. The molecule has 1 N–H and O–H groups in total. The van der Waals surface area contributed by atoms with Gasteiger partial charge in [-0.3, -0.25) is 0 Å². The Balaban J connectivity index is 1.16. The van der Waals surface area contributed by atoms with E-state index in [0.29, 0.717) is 17.7 Å². The van der Waals surface area contributed by atoms with Crippen molar-refractivity contribution in [1.29, 1.82) is 0 Å². The van der Waals surface area contributed by atoms with E-state index in [-0.39, 0.29) is 46.2 Å². The lowest BCUT2D eigenvalue weighted by atomic mass is 9.96. The van der Waals surface area contributed by atoms with Gasteiger partial charge in [0.15, 0.2) is 12.6 Å². The Kier molecular flexibility index (Phi) is 19.2. The Morgan fingerprint density at radius 1 is 0.443 bits per heavy atom. The third kappa shape index (κ3) is 14.2. The summed E-state index contributed by atoms with van der Waals surface area (Å²) >= 11 is 0. The third-order valence-corrected chi connectivity index (χ3v) is 12.2. The van der Waals surface area contributed by atoms with Crippen molar-refractivity contribution < 1.29 is 62.0 Å². The van der Waals surface area contributed by atoms with E-state index in [9.17, 15) is 9.90 Å². The van der Waals surface area contributed by atoms with Gasteiger partial charge in [0.25, 0.3) is 0 Å². The van der Waals surface area contributed by atoms with Crippen molar-refractivity contribution in [1.82, 2.24) is 0 Å². The van der Waals surface area contributed by atoms with Gasteiger partial charge in [-0.15, -0.1) is 0 Å². The number of carbonyl (C=O) groups is 1. The van der Waals surface area contributed by atoms with Crippen LogP contribution >= 0.6 is 0 Å². The van der Waals surface area contributed by atoms with Crippen molar-refractivity contribution in [2.75, 3.05) is 27.4 Å². The van der Waals surface area contributed by atoms with Crippen molar-refractivity contribution >= 4 is 5.97 Å². The van der Waals surface area contributed by atoms with Crippen LogP contribution in [0.25, 0.3) is 0 Å². The molecule has 0 saturated carbocycles. The summed E-state index contributed by atoms with van der Waals surface area (Å²) in [5, 5.41) is 12.6. The third-order valence-electron chi connectivity index (χ3n) is 12.2. The molecule has 2 heterocycles. The highest BCUT2D eigenvalue weighted by Gasteiger charge is 2.54. The van der Waals surface area contributed by atoms with Gasteiger partial charge in [-0.2, -0.15) is 0 Å². The molecule has 0 radical (unpaired) electrons. The number of hydrogen-bond acceptors (Lipinski definition) is 13. The highest BCUT2D eigenvalue weighted by atomic mass is 16.8. The first-order chi connectivity index (χ1) is 34.4. The molecule has 368 valence electrons. The SMILES string of the molecule is COC(=O)c1cccc(CO[C@H]2[C@@H](O[C@H]3[C@H](O)[C@@H](OCc4ccccc4)[C@@H](OC)O[C@@H]3COCc3ccccc3)O[C@H](COCc3ccccc3)[C@@H](OCc3ccccc3)[C@@H]2OCc2ccccc2)c1. The zero-order valence-electron chi connectivity index (χ0n) is 39.5. The molecule has 0 aromatic heterocycles. The minimum atomic E-state index is -1.32. The highest BCUT2D eigenvalue weighted by molar-refractivity contribution is 5.89. The second kappa shape index (κ2) is 26.5. The standard InChI is InChI=1S/C57H62O13/c1-60-55(59)46-30-18-29-45(31-46)37-67-54-53(66-36-44-27-16-7-17-28-44)51(64-34-42-23-12-5-13-24-42)48(39-63-33-41-21-10-4-11-22-41)69-57(54)70-50-47(38-62-32-40-19-8-3-9-20-40)68-56(61-2)52(49(50)58)65-35-43-25-14-6-15-26-43/h3-31,47-54,56-58H,32-39H2,1-2H3/t47-,48-,49+,50-,51-,52-,53+,54-,56+,57-/m1/s1. The number of ether oxygens (including phenoxy) is 11. The molecule has 0 aliphatic carbocycles. The molecule has 13 nitrogen and oxygen atoms in total. The Morgan fingerprint density at radius 3 is 1.33 bits per heavy atom. The minimum absolute atomic E-state index is 0.00634. The summed E-state index contributed by atoms with van der Waals surface area (Å²) in [4.78, 5) is 12.7. The van der Waals surface area contributed by atoms with E-state index in [2.05, 4.69) is 0 Å². The molecule has 2 aliphatic heterocycles. The lowest BCUT2D eigenvalue weighted by Gasteiger charge is -2.49. The van der Waals surface area contributed by atoms with Gasteiger partial charge >= 0.3 is 5.97 Å². The zero-order chi connectivity index (χ0) is 48.3. The zero-order valence-corrected chi connectivity index (χ0v) is 39.5. The first kappa shape index (κ1) is 50.7. The second-order valence-corrected chi connectivity index (χ2v) is 17.2. The van der Waals surface area contributed by atoms with Crippen LogP contribution in [0.3, 0.4) is 0 Å². The summed E-state index contributed by atoms with van der Waals surface area (Å²) in [6, 6.07) is 56.0. The van der Waals surface area contributed by atoms with E-state index in [1.807, 2.05) is 158 Å². The van der Waals surface area contributed by atoms with Crippen LogP contribution in [-0.2, 0) is 91.7 Å². The van der Waals surface area contributed by atoms with Crippen molar-refractivity contribution in [3.05, 3.63) is 215 Å². The normalized spacial score (nSPS) is 24.5. The number of rotatable bonds is 24. The van der Waals surface area contributed by atoms with E-state index in [0.717, 1.165) is 27.8 Å². The molecule has 6 aromatic carbocycles. The quantitative estimate of drug-likeness (QED) is 0.0582. The van der Waals surface area contributed by atoms with Gasteiger partial charge in [-0.25, -0.2) is 4.79 Å². The summed E-state index contributed by atoms with van der Waals surface area (Å²) in [6.45, 7) is 1.27. The molecule has 2 fully saturated rings. The van der Waals surface area contributed by atoms with E-state index in [1.54, 1.807) is 18.2 Å². The minimum Gasteiger partial charge on any atom is -0.465 e. The van der Waals surface area contributed by atoms with Gasteiger partial charge in [-0.1, -0.05) is 164 Å². The van der Waals surface area contributed by atoms with Gasteiger partial charge in [0.1, 0.15) is 48.8 Å². The molecule has 2 aliphatic rings. The van der Waals surface area contributed by atoms with E-state index in [1.165, 1.54) is 14.2 Å². The molecule has 2 saturated heterocycles. The van der Waals surface area contributed by atoms with Crippen LogP contribution in [0.15, 0.2) is 176 Å². The molecule has 6 aromatic rings. The Labute approximate surface area is 410 Å². The average molecular weight is 955 g/mol. The maximum atomic E-state index is 12.7. The highest BCUT2D eigenvalue weighted by Crippen LogP contribution is 2.36. The molecule has 0 unspecified atom stereocenters. The molecule has 10 atom stereocenters. The molecule has 13 heteroatoms. The second-order valence-electron chi connectivity index (χ2n) is 17.2. The maximum Gasteiger partial charge on any atom is 0.337 e. The number of hydrogen-bond donors (Lipinski definition) is 1. The fraction of sp³-hybridized carbons (Fsp3) is 0.351. The molecule has 0 bridgehead atoms. The van der Waals surface area contributed by atoms with Crippen LogP contribution in [0.5, 0.6) is 0 Å². The number of methoxy groups -OCH3 is 2. The average Bonchev–Trinajstić information content (AvgIpc) is 3.41. The lowest BCUT2D eigenvalue weighted by Crippen LogP contribution is -2.66. The molecular formula is C57H62O13. The number of esters is 1. The van der Waals surface area contributed by atoms with Crippen LogP contribution in [0, 0.1) is 0 Å². The Bertz CT molecular complexity index is 2410. The van der Waals surface area contributed by atoms with E-state index >= 15 is 0 Å². The van der Waals surface area contributed by atoms with Gasteiger partial charge < -0.3 is 57.2 Å². The van der Waals surface area contributed by atoms with E-state index < -0.39 is 67.4 Å². The molecule has 8 rings (SSSR count). The number of aliphatic hydroxyl groups is 1. The summed E-state index contributed by atoms with van der Waals surface area (Å²) < 4.78 is 71.5. The van der Waals surface area contributed by atoms with Gasteiger partial charge in [0.2, 0.25) is 0 Å². The smallest absolute Gasteiger partial charge is 0.337 e. The van der Waals surface area contributed by atoms with Crippen LogP contribution in [-0.4, -0.2) is 99.9 Å². The largest absolute Gasteiger partial charge is 0.465 e. The van der Waals surface area contributed by atoms with Crippen molar-refractivity contribution in [3.8, 4) is 0 Å². The first-order valence-electron chi connectivity index (χ1n) is 23.6. The van der Waals surface area contributed by atoms with Gasteiger partial charge in [0.05, 0.1) is 65.5 Å². The predicted molar refractivity (Wildman–Crippen MR) is 259 cm³/mol. The van der Waals surface area contributed by atoms with Crippen LogP contribution in [0.4, 0.5) is 0 Å². The van der Waals surface area contributed by atoms with Crippen LogP contribution in [0.2, 0.25) is 0 Å². The van der Waals surface area contributed by atoms with Gasteiger partial charge in [0, 0.05) is 7.11 Å². The molecule has 0 spiro atoms. The van der Waals surface area contributed by atoms with Crippen molar-refractivity contribution in [2.24, 2.45) is 0 Å². The fourth-order valence-corrected chi connectivity index (χ4v) is 8.54. The van der Waals surface area contributed by atoms with Crippen molar-refractivity contribution in [3.63, 3.8) is 0 Å². The van der Waals surface area contributed by atoms with Gasteiger partial charge in [-0.05, 0) is 45.5 Å². The van der Waals surface area contributed by atoms with E-state index in [4.69, 9.17) is 52.1 Å². The number of carbonyl (C=O) groups excluding carboxylic acids is 1. The summed E-state index contributed by atoms with van der Waals surface area (Å²) in [6.07, 6.45) is -9.98. The number of benzene rings is 6. The first-order valence-corrected chi connectivity index (χ1v) is 23.6.